The number of hydrogen-bond donors (Lipinski definition) is 1. The van der Waals surface area contributed by atoms with Crippen molar-refractivity contribution in [2.45, 2.75) is 32.6 Å². The van der Waals surface area contributed by atoms with Crippen molar-refractivity contribution in [1.29, 1.82) is 0 Å². The van der Waals surface area contributed by atoms with Crippen LogP contribution in [0.2, 0.25) is 0 Å². The zero-order valence-electron chi connectivity index (χ0n) is 8.67. The van der Waals surface area contributed by atoms with Crippen molar-refractivity contribution < 1.29 is 5.11 Å². The molecule has 0 aliphatic carbocycles. The molecule has 2 heteroatoms. The summed E-state index contributed by atoms with van der Waals surface area (Å²) in [6, 6.07) is 0. The van der Waals surface area contributed by atoms with Gasteiger partial charge in [0.15, 0.2) is 0 Å². The van der Waals surface area contributed by atoms with Gasteiger partial charge in [-0.2, -0.15) is 11.8 Å². The molecule has 13 heavy (non-hydrogen) atoms. The van der Waals surface area contributed by atoms with Crippen LogP contribution in [0.1, 0.15) is 32.6 Å². The van der Waals surface area contributed by atoms with E-state index in [1.54, 1.807) is 0 Å². The Kier molecular flexibility index (Phi) is 10.2. The van der Waals surface area contributed by atoms with Crippen LogP contribution in [-0.2, 0) is 0 Å². The standard InChI is InChI=1S/C11H22OS/c1-3-5-6-8-13-10-11(9-12)7-4-2/h4,11-12H,2-3,5-10H2,1H3. The first-order chi connectivity index (χ1) is 6.35. The molecule has 0 radical (unpaired) electrons. The SMILES string of the molecule is C=CCC(CO)CSCCCCC. The summed E-state index contributed by atoms with van der Waals surface area (Å²) >= 11 is 1.96. The third-order valence-electron chi connectivity index (χ3n) is 2.00. The van der Waals surface area contributed by atoms with Gasteiger partial charge in [-0.05, 0) is 30.3 Å². The number of hydrogen-bond acceptors (Lipinski definition) is 2. The van der Waals surface area contributed by atoms with Crippen LogP contribution in [0.5, 0.6) is 0 Å². The molecule has 0 heterocycles. The minimum absolute atomic E-state index is 0.298. The molecule has 0 rings (SSSR count). The lowest BCUT2D eigenvalue weighted by Gasteiger charge is -2.10. The van der Waals surface area contributed by atoms with Gasteiger partial charge in [0, 0.05) is 6.61 Å². The lowest BCUT2D eigenvalue weighted by Crippen LogP contribution is -2.08. The van der Waals surface area contributed by atoms with E-state index in [1.807, 2.05) is 17.8 Å². The lowest BCUT2D eigenvalue weighted by molar-refractivity contribution is 0.241. The first-order valence-corrected chi connectivity index (χ1v) is 6.30. The molecule has 0 bridgehead atoms. The van der Waals surface area contributed by atoms with Crippen molar-refractivity contribution in [2.75, 3.05) is 18.1 Å². The fourth-order valence-electron chi connectivity index (χ4n) is 1.14. The second kappa shape index (κ2) is 10.1. The predicted octanol–water partition coefficient (Wildman–Crippen LogP) is 3.09. The first kappa shape index (κ1) is 13.1. The van der Waals surface area contributed by atoms with Gasteiger partial charge in [0.2, 0.25) is 0 Å². The van der Waals surface area contributed by atoms with Gasteiger partial charge >= 0.3 is 0 Å². The Morgan fingerprint density at radius 1 is 1.46 bits per heavy atom. The molecule has 1 unspecified atom stereocenters. The summed E-state index contributed by atoms with van der Waals surface area (Å²) in [5, 5.41) is 9.00. The molecule has 0 aromatic carbocycles. The maximum atomic E-state index is 9.00. The van der Waals surface area contributed by atoms with Crippen LogP contribution >= 0.6 is 11.8 Å². The van der Waals surface area contributed by atoms with Gasteiger partial charge in [0.25, 0.3) is 0 Å². The van der Waals surface area contributed by atoms with Crippen LogP contribution in [0, 0.1) is 5.92 Å². The quantitative estimate of drug-likeness (QED) is 0.458. The van der Waals surface area contributed by atoms with Gasteiger partial charge in [0.1, 0.15) is 0 Å². The predicted molar refractivity (Wildman–Crippen MR) is 62.2 cm³/mol. The smallest absolute Gasteiger partial charge is 0.0470 e. The minimum Gasteiger partial charge on any atom is -0.396 e. The van der Waals surface area contributed by atoms with Crippen LogP contribution in [0.4, 0.5) is 0 Å². The summed E-state index contributed by atoms with van der Waals surface area (Å²) in [4.78, 5) is 0. The zero-order chi connectivity index (χ0) is 9.94. The van der Waals surface area contributed by atoms with Gasteiger partial charge < -0.3 is 5.11 Å². The molecule has 1 nitrogen and oxygen atoms in total. The van der Waals surface area contributed by atoms with Gasteiger partial charge in [-0.1, -0.05) is 25.8 Å². The number of aliphatic hydroxyl groups excluding tert-OH is 1. The molecule has 0 aliphatic rings. The van der Waals surface area contributed by atoms with Crippen molar-refractivity contribution in [3.05, 3.63) is 12.7 Å². The molecule has 78 valence electrons. The molecule has 0 amide bonds. The van der Waals surface area contributed by atoms with E-state index in [4.69, 9.17) is 5.11 Å². The summed E-state index contributed by atoms with van der Waals surface area (Å²) in [7, 11) is 0. The van der Waals surface area contributed by atoms with Crippen LogP contribution in [0.3, 0.4) is 0 Å². The Labute approximate surface area is 86.6 Å². The van der Waals surface area contributed by atoms with Crippen LogP contribution < -0.4 is 0 Å². The molecule has 0 aromatic heterocycles. The summed E-state index contributed by atoms with van der Waals surface area (Å²) in [6.45, 7) is 6.21. The average molecular weight is 202 g/mol. The van der Waals surface area contributed by atoms with E-state index in [9.17, 15) is 0 Å². The molecular formula is C11H22OS. The van der Waals surface area contributed by atoms with Crippen LogP contribution in [0.25, 0.3) is 0 Å². The van der Waals surface area contributed by atoms with Crippen LogP contribution in [0.15, 0.2) is 12.7 Å². The number of rotatable bonds is 9. The fraction of sp³-hybridized carbons (Fsp3) is 0.818. The molecule has 0 aliphatic heterocycles. The van der Waals surface area contributed by atoms with Crippen molar-refractivity contribution in [2.24, 2.45) is 5.92 Å². The maximum absolute atomic E-state index is 9.00. The summed E-state index contributed by atoms with van der Waals surface area (Å²) in [6.07, 6.45) is 6.77. The lowest BCUT2D eigenvalue weighted by atomic mass is 10.1. The van der Waals surface area contributed by atoms with Crippen molar-refractivity contribution in [3.63, 3.8) is 0 Å². The minimum atomic E-state index is 0.298. The number of allylic oxidation sites excluding steroid dienone is 1. The topological polar surface area (TPSA) is 20.2 Å². The van der Waals surface area contributed by atoms with E-state index in [0.717, 1.165) is 12.2 Å². The Morgan fingerprint density at radius 3 is 2.77 bits per heavy atom. The highest BCUT2D eigenvalue weighted by Crippen LogP contribution is 2.14. The molecular weight excluding hydrogens is 180 g/mol. The van der Waals surface area contributed by atoms with E-state index in [2.05, 4.69) is 13.5 Å². The summed E-state index contributed by atoms with van der Waals surface area (Å²) < 4.78 is 0. The third-order valence-corrected chi connectivity index (χ3v) is 3.29. The third kappa shape index (κ3) is 8.38. The Morgan fingerprint density at radius 2 is 2.23 bits per heavy atom. The van der Waals surface area contributed by atoms with Crippen molar-refractivity contribution in [3.8, 4) is 0 Å². The highest BCUT2D eigenvalue weighted by Gasteiger charge is 2.04. The van der Waals surface area contributed by atoms with Crippen LogP contribution in [-0.4, -0.2) is 23.2 Å². The van der Waals surface area contributed by atoms with Gasteiger partial charge in [-0.3, -0.25) is 0 Å². The molecule has 0 saturated heterocycles. The van der Waals surface area contributed by atoms with Gasteiger partial charge in [-0.25, -0.2) is 0 Å². The molecule has 0 saturated carbocycles. The first-order valence-electron chi connectivity index (χ1n) is 5.14. The highest BCUT2D eigenvalue weighted by molar-refractivity contribution is 7.99. The van der Waals surface area contributed by atoms with Gasteiger partial charge in [0.05, 0.1) is 0 Å². The fourth-order valence-corrected chi connectivity index (χ4v) is 2.28. The maximum Gasteiger partial charge on any atom is 0.0470 e. The monoisotopic (exact) mass is 202 g/mol. The normalized spacial score (nSPS) is 12.8. The van der Waals surface area contributed by atoms with E-state index >= 15 is 0 Å². The average Bonchev–Trinajstić information content (AvgIpc) is 2.16. The van der Waals surface area contributed by atoms with E-state index in [1.165, 1.54) is 25.0 Å². The Hall–Kier alpha value is 0.0500. The highest BCUT2D eigenvalue weighted by atomic mass is 32.2. The Balaban J connectivity index is 3.22. The summed E-state index contributed by atoms with van der Waals surface area (Å²) in [5.74, 6) is 2.73. The second-order valence-corrected chi connectivity index (χ2v) is 4.50. The molecule has 0 spiro atoms. The molecule has 1 N–H and O–H groups in total. The van der Waals surface area contributed by atoms with E-state index in [0.29, 0.717) is 12.5 Å². The second-order valence-electron chi connectivity index (χ2n) is 3.35. The Bertz CT molecular complexity index is 115. The number of unbranched alkanes of at least 4 members (excludes halogenated alkanes) is 2. The van der Waals surface area contributed by atoms with E-state index in [-0.39, 0.29) is 0 Å². The van der Waals surface area contributed by atoms with Crippen molar-refractivity contribution >= 4 is 11.8 Å². The molecule has 1 atom stereocenters. The zero-order valence-corrected chi connectivity index (χ0v) is 9.48. The molecule has 0 fully saturated rings. The van der Waals surface area contributed by atoms with E-state index < -0.39 is 0 Å². The van der Waals surface area contributed by atoms with Crippen molar-refractivity contribution in [1.82, 2.24) is 0 Å². The number of thioether (sulfide) groups is 1. The summed E-state index contributed by atoms with van der Waals surface area (Å²) in [5.41, 5.74) is 0. The largest absolute Gasteiger partial charge is 0.396 e. The number of aliphatic hydroxyl groups is 1. The van der Waals surface area contributed by atoms with Gasteiger partial charge in [-0.15, -0.1) is 6.58 Å². The molecule has 0 aromatic rings.